The molecule has 138 valence electrons. The van der Waals surface area contributed by atoms with Crippen molar-refractivity contribution in [3.05, 3.63) is 53.6 Å². The number of benzene rings is 2. The van der Waals surface area contributed by atoms with Gasteiger partial charge in [0.2, 0.25) is 0 Å². The first-order valence-corrected chi connectivity index (χ1v) is 8.32. The second-order valence-corrected chi connectivity index (χ2v) is 6.30. The SMILES string of the molecule is COc1cc(C(=O)Nc2cccc(CC(=O)O)c2)ccc1OCC(C)C. The predicted molar refractivity (Wildman–Crippen MR) is 99.1 cm³/mol. The van der Waals surface area contributed by atoms with Crippen molar-refractivity contribution < 1.29 is 24.2 Å². The Labute approximate surface area is 152 Å². The second-order valence-electron chi connectivity index (χ2n) is 6.30. The van der Waals surface area contributed by atoms with E-state index in [0.29, 0.717) is 40.8 Å². The van der Waals surface area contributed by atoms with E-state index in [4.69, 9.17) is 14.6 Å². The van der Waals surface area contributed by atoms with Crippen molar-refractivity contribution in [3.8, 4) is 11.5 Å². The van der Waals surface area contributed by atoms with Crippen LogP contribution in [-0.4, -0.2) is 30.7 Å². The van der Waals surface area contributed by atoms with Crippen molar-refractivity contribution in [2.45, 2.75) is 20.3 Å². The molecule has 1 amide bonds. The average Bonchev–Trinajstić information content (AvgIpc) is 2.59. The molecule has 0 aliphatic heterocycles. The lowest BCUT2D eigenvalue weighted by Gasteiger charge is -2.13. The topological polar surface area (TPSA) is 84.9 Å². The Morgan fingerprint density at radius 1 is 1.12 bits per heavy atom. The molecule has 0 aromatic heterocycles. The van der Waals surface area contributed by atoms with Crippen molar-refractivity contribution >= 4 is 17.6 Å². The normalized spacial score (nSPS) is 10.5. The number of hydrogen-bond acceptors (Lipinski definition) is 4. The molecule has 0 saturated carbocycles. The minimum Gasteiger partial charge on any atom is -0.493 e. The van der Waals surface area contributed by atoms with Gasteiger partial charge in [0.25, 0.3) is 5.91 Å². The number of carbonyl (C=O) groups excluding carboxylic acids is 1. The monoisotopic (exact) mass is 357 g/mol. The van der Waals surface area contributed by atoms with Crippen molar-refractivity contribution in [2.75, 3.05) is 19.0 Å². The van der Waals surface area contributed by atoms with Crippen molar-refractivity contribution in [1.82, 2.24) is 0 Å². The van der Waals surface area contributed by atoms with E-state index < -0.39 is 5.97 Å². The Bertz CT molecular complexity index is 786. The van der Waals surface area contributed by atoms with E-state index in [2.05, 4.69) is 5.32 Å². The molecule has 0 heterocycles. The Morgan fingerprint density at radius 3 is 2.54 bits per heavy atom. The molecule has 0 unspecified atom stereocenters. The van der Waals surface area contributed by atoms with Crippen LogP contribution in [0.15, 0.2) is 42.5 Å². The van der Waals surface area contributed by atoms with Crippen LogP contribution in [-0.2, 0) is 11.2 Å². The summed E-state index contributed by atoms with van der Waals surface area (Å²) in [6.45, 7) is 4.65. The van der Waals surface area contributed by atoms with Gasteiger partial charge in [-0.1, -0.05) is 26.0 Å². The molecule has 2 aromatic rings. The zero-order chi connectivity index (χ0) is 19.1. The number of nitrogens with one attached hydrogen (secondary N) is 1. The van der Waals surface area contributed by atoms with Crippen molar-refractivity contribution in [1.29, 1.82) is 0 Å². The van der Waals surface area contributed by atoms with Gasteiger partial charge >= 0.3 is 5.97 Å². The summed E-state index contributed by atoms with van der Waals surface area (Å²) in [6.07, 6.45) is -0.0978. The highest BCUT2D eigenvalue weighted by Gasteiger charge is 2.12. The summed E-state index contributed by atoms with van der Waals surface area (Å²) >= 11 is 0. The number of hydrogen-bond donors (Lipinski definition) is 2. The number of ether oxygens (including phenoxy) is 2. The molecule has 0 saturated heterocycles. The Morgan fingerprint density at radius 2 is 1.88 bits per heavy atom. The van der Waals surface area contributed by atoms with Crippen LogP contribution in [0, 0.1) is 5.92 Å². The number of rotatable bonds is 8. The number of carboxylic acid groups (broad SMARTS) is 1. The summed E-state index contributed by atoms with van der Waals surface area (Å²) in [5, 5.41) is 11.6. The molecule has 0 fully saturated rings. The lowest BCUT2D eigenvalue weighted by molar-refractivity contribution is -0.136. The Kier molecular flexibility index (Phi) is 6.60. The molecule has 2 N–H and O–H groups in total. The molecule has 0 aliphatic carbocycles. The van der Waals surface area contributed by atoms with Crippen LogP contribution in [0.3, 0.4) is 0 Å². The van der Waals surface area contributed by atoms with Gasteiger partial charge in [-0.25, -0.2) is 0 Å². The van der Waals surface area contributed by atoms with Gasteiger partial charge in [-0.15, -0.1) is 0 Å². The fourth-order valence-electron chi connectivity index (χ4n) is 2.32. The number of anilines is 1. The van der Waals surface area contributed by atoms with Gasteiger partial charge in [-0.2, -0.15) is 0 Å². The quantitative estimate of drug-likeness (QED) is 0.754. The summed E-state index contributed by atoms with van der Waals surface area (Å²) in [4.78, 5) is 23.3. The van der Waals surface area contributed by atoms with Crippen LogP contribution in [0.4, 0.5) is 5.69 Å². The zero-order valence-electron chi connectivity index (χ0n) is 15.1. The zero-order valence-corrected chi connectivity index (χ0v) is 15.1. The molecular weight excluding hydrogens is 334 g/mol. The third-order valence-corrected chi connectivity index (χ3v) is 3.54. The smallest absolute Gasteiger partial charge is 0.307 e. The van der Waals surface area contributed by atoms with Gasteiger partial charge in [-0.05, 0) is 41.8 Å². The summed E-state index contributed by atoms with van der Waals surface area (Å²) < 4.78 is 11.0. The fraction of sp³-hybridized carbons (Fsp3) is 0.300. The standard InChI is InChI=1S/C20H23NO5/c1-13(2)12-26-17-8-7-15(11-18(17)25-3)20(24)21-16-6-4-5-14(9-16)10-19(22)23/h4-9,11,13H,10,12H2,1-3H3,(H,21,24)(H,22,23). The van der Waals surface area contributed by atoms with Gasteiger partial charge in [0.1, 0.15) is 0 Å². The maximum atomic E-state index is 12.5. The highest BCUT2D eigenvalue weighted by atomic mass is 16.5. The van der Waals surface area contributed by atoms with Gasteiger partial charge in [-0.3, -0.25) is 9.59 Å². The predicted octanol–water partition coefficient (Wildman–Crippen LogP) is 3.61. The number of methoxy groups -OCH3 is 1. The first-order chi connectivity index (χ1) is 12.4. The summed E-state index contributed by atoms with van der Waals surface area (Å²) in [6, 6.07) is 11.7. The van der Waals surface area contributed by atoms with Crippen LogP contribution in [0.25, 0.3) is 0 Å². The number of carbonyl (C=O) groups is 2. The van der Waals surface area contributed by atoms with Crippen molar-refractivity contribution in [3.63, 3.8) is 0 Å². The molecule has 0 aliphatic rings. The summed E-state index contributed by atoms with van der Waals surface area (Å²) in [5.74, 6) is 0.210. The number of carboxylic acids is 1. The highest BCUT2D eigenvalue weighted by Crippen LogP contribution is 2.29. The highest BCUT2D eigenvalue weighted by molar-refractivity contribution is 6.04. The third kappa shape index (κ3) is 5.51. The molecule has 0 radical (unpaired) electrons. The Hall–Kier alpha value is -3.02. The molecule has 26 heavy (non-hydrogen) atoms. The average molecular weight is 357 g/mol. The van der Waals surface area contributed by atoms with Crippen LogP contribution in [0.5, 0.6) is 11.5 Å². The molecule has 6 heteroatoms. The lowest BCUT2D eigenvalue weighted by Crippen LogP contribution is -2.13. The third-order valence-electron chi connectivity index (χ3n) is 3.54. The van der Waals surface area contributed by atoms with E-state index in [1.54, 1.807) is 42.5 Å². The van der Waals surface area contributed by atoms with Gasteiger partial charge in [0.15, 0.2) is 11.5 Å². The van der Waals surface area contributed by atoms with E-state index in [9.17, 15) is 9.59 Å². The van der Waals surface area contributed by atoms with E-state index in [1.165, 1.54) is 7.11 Å². The van der Waals surface area contributed by atoms with Crippen LogP contribution < -0.4 is 14.8 Å². The van der Waals surface area contributed by atoms with Crippen LogP contribution in [0.1, 0.15) is 29.8 Å². The molecule has 2 aromatic carbocycles. The number of amides is 1. The Balaban J connectivity index is 2.13. The first-order valence-electron chi connectivity index (χ1n) is 8.32. The van der Waals surface area contributed by atoms with E-state index in [-0.39, 0.29) is 12.3 Å². The molecule has 2 rings (SSSR count). The van der Waals surface area contributed by atoms with Gasteiger partial charge < -0.3 is 19.9 Å². The maximum absolute atomic E-state index is 12.5. The molecule has 0 bridgehead atoms. The molecule has 0 spiro atoms. The van der Waals surface area contributed by atoms with E-state index >= 15 is 0 Å². The van der Waals surface area contributed by atoms with E-state index in [1.807, 2.05) is 13.8 Å². The molecular formula is C20H23NO5. The van der Waals surface area contributed by atoms with Crippen molar-refractivity contribution in [2.24, 2.45) is 5.92 Å². The minimum atomic E-state index is -0.921. The summed E-state index contributed by atoms with van der Waals surface area (Å²) in [7, 11) is 1.52. The minimum absolute atomic E-state index is 0.0978. The van der Waals surface area contributed by atoms with Crippen LogP contribution >= 0.6 is 0 Å². The second kappa shape index (κ2) is 8.89. The maximum Gasteiger partial charge on any atom is 0.307 e. The first kappa shape index (κ1) is 19.3. The van der Waals surface area contributed by atoms with E-state index in [0.717, 1.165) is 0 Å². The lowest BCUT2D eigenvalue weighted by atomic mass is 10.1. The molecule has 6 nitrogen and oxygen atoms in total. The summed E-state index contributed by atoms with van der Waals surface area (Å²) in [5.41, 5.74) is 1.57. The fourth-order valence-corrected chi connectivity index (χ4v) is 2.32. The number of aliphatic carboxylic acids is 1. The van der Waals surface area contributed by atoms with Gasteiger partial charge in [0, 0.05) is 11.3 Å². The van der Waals surface area contributed by atoms with Crippen LogP contribution in [0.2, 0.25) is 0 Å². The largest absolute Gasteiger partial charge is 0.493 e. The van der Waals surface area contributed by atoms with Gasteiger partial charge in [0.05, 0.1) is 20.1 Å². The molecule has 0 atom stereocenters.